The first kappa shape index (κ1) is 14.2. The summed E-state index contributed by atoms with van der Waals surface area (Å²) in [6, 6.07) is 1.93. The van der Waals surface area contributed by atoms with Crippen LogP contribution in [0.4, 0.5) is 18.9 Å². The average molecular weight is 263 g/mol. The zero-order valence-corrected chi connectivity index (χ0v) is 9.57. The SMILES string of the molecule is CCOC(=O)CN(N)c1ccc(C(F)(F)F)nc1. The molecule has 0 aliphatic carbocycles. The van der Waals surface area contributed by atoms with Crippen LogP contribution in [0.5, 0.6) is 0 Å². The molecule has 0 aromatic carbocycles. The van der Waals surface area contributed by atoms with Crippen molar-refractivity contribution in [3.8, 4) is 0 Å². The highest BCUT2D eigenvalue weighted by Crippen LogP contribution is 2.28. The van der Waals surface area contributed by atoms with Crippen molar-refractivity contribution < 1.29 is 22.7 Å². The first-order valence-electron chi connectivity index (χ1n) is 5.05. The first-order chi connectivity index (χ1) is 8.34. The fraction of sp³-hybridized carbons (Fsp3) is 0.400. The van der Waals surface area contributed by atoms with Gasteiger partial charge in [-0.05, 0) is 19.1 Å². The molecule has 0 fully saturated rings. The Labute approximate surface area is 101 Å². The van der Waals surface area contributed by atoms with E-state index in [1.807, 2.05) is 0 Å². The van der Waals surface area contributed by atoms with E-state index in [1.165, 1.54) is 0 Å². The molecule has 8 heteroatoms. The number of carbonyl (C=O) groups is 1. The molecule has 0 amide bonds. The van der Waals surface area contributed by atoms with Crippen LogP contribution in [0.25, 0.3) is 0 Å². The van der Waals surface area contributed by atoms with Crippen molar-refractivity contribution in [1.29, 1.82) is 0 Å². The fourth-order valence-electron chi connectivity index (χ4n) is 1.16. The third-order valence-corrected chi connectivity index (χ3v) is 1.97. The summed E-state index contributed by atoms with van der Waals surface area (Å²) in [4.78, 5) is 14.3. The number of aromatic nitrogens is 1. The van der Waals surface area contributed by atoms with Gasteiger partial charge in [-0.25, -0.2) is 10.8 Å². The molecule has 0 radical (unpaired) electrons. The van der Waals surface area contributed by atoms with Crippen molar-refractivity contribution in [2.45, 2.75) is 13.1 Å². The lowest BCUT2D eigenvalue weighted by atomic mass is 10.3. The highest BCUT2D eigenvalue weighted by Gasteiger charge is 2.32. The smallest absolute Gasteiger partial charge is 0.433 e. The summed E-state index contributed by atoms with van der Waals surface area (Å²) in [5, 5.41) is 0.963. The lowest BCUT2D eigenvalue weighted by Gasteiger charge is -2.17. The molecule has 0 unspecified atom stereocenters. The van der Waals surface area contributed by atoms with Gasteiger partial charge in [0.15, 0.2) is 0 Å². The molecule has 0 aliphatic rings. The molecule has 100 valence electrons. The van der Waals surface area contributed by atoms with Gasteiger partial charge >= 0.3 is 12.1 Å². The molecule has 0 saturated heterocycles. The average Bonchev–Trinajstić information content (AvgIpc) is 2.28. The van der Waals surface area contributed by atoms with Crippen LogP contribution in [0.1, 0.15) is 12.6 Å². The summed E-state index contributed by atoms with van der Waals surface area (Å²) in [6.07, 6.45) is -3.55. The molecule has 0 spiro atoms. The Morgan fingerprint density at radius 3 is 2.61 bits per heavy atom. The van der Waals surface area contributed by atoms with E-state index in [2.05, 4.69) is 9.72 Å². The van der Waals surface area contributed by atoms with E-state index in [0.29, 0.717) is 0 Å². The number of halogens is 3. The van der Waals surface area contributed by atoms with Crippen molar-refractivity contribution in [3.05, 3.63) is 24.0 Å². The molecule has 1 rings (SSSR count). The van der Waals surface area contributed by atoms with E-state index in [4.69, 9.17) is 5.84 Å². The summed E-state index contributed by atoms with van der Waals surface area (Å²) >= 11 is 0. The molecule has 2 N–H and O–H groups in total. The van der Waals surface area contributed by atoms with Gasteiger partial charge < -0.3 is 4.74 Å². The van der Waals surface area contributed by atoms with Gasteiger partial charge in [0.05, 0.1) is 18.5 Å². The van der Waals surface area contributed by atoms with Gasteiger partial charge in [-0.15, -0.1) is 0 Å². The predicted molar refractivity (Wildman–Crippen MR) is 57.4 cm³/mol. The Hall–Kier alpha value is -1.83. The number of nitrogens with two attached hydrogens (primary N) is 1. The molecule has 0 atom stereocenters. The van der Waals surface area contributed by atoms with Crippen molar-refractivity contribution in [2.75, 3.05) is 18.2 Å². The van der Waals surface area contributed by atoms with E-state index in [0.717, 1.165) is 23.3 Å². The second-order valence-corrected chi connectivity index (χ2v) is 3.33. The molecule has 0 aliphatic heterocycles. The number of rotatable bonds is 4. The third kappa shape index (κ3) is 3.88. The Balaban J connectivity index is 2.70. The number of hydrogen-bond donors (Lipinski definition) is 1. The monoisotopic (exact) mass is 263 g/mol. The minimum Gasteiger partial charge on any atom is -0.465 e. The molecule has 0 bridgehead atoms. The number of hydrogen-bond acceptors (Lipinski definition) is 5. The van der Waals surface area contributed by atoms with Crippen LogP contribution in [0, 0.1) is 0 Å². The van der Waals surface area contributed by atoms with E-state index in [9.17, 15) is 18.0 Å². The number of anilines is 1. The number of hydrazine groups is 1. The van der Waals surface area contributed by atoms with Gasteiger partial charge in [-0.2, -0.15) is 13.2 Å². The van der Waals surface area contributed by atoms with Gasteiger partial charge in [0.1, 0.15) is 12.2 Å². The minimum atomic E-state index is -4.50. The topological polar surface area (TPSA) is 68.5 Å². The second-order valence-electron chi connectivity index (χ2n) is 3.33. The molecule has 5 nitrogen and oxygen atoms in total. The lowest BCUT2D eigenvalue weighted by molar-refractivity contribution is -0.142. The Morgan fingerprint density at radius 1 is 1.50 bits per heavy atom. The molecule has 1 aromatic rings. The fourth-order valence-corrected chi connectivity index (χ4v) is 1.16. The van der Waals surface area contributed by atoms with Crippen molar-refractivity contribution in [1.82, 2.24) is 4.98 Å². The van der Waals surface area contributed by atoms with Crippen LogP contribution >= 0.6 is 0 Å². The molecule has 1 heterocycles. The van der Waals surface area contributed by atoms with Crippen molar-refractivity contribution in [3.63, 3.8) is 0 Å². The van der Waals surface area contributed by atoms with E-state index >= 15 is 0 Å². The molecule has 1 aromatic heterocycles. The van der Waals surface area contributed by atoms with Crippen molar-refractivity contribution in [2.24, 2.45) is 5.84 Å². The zero-order valence-electron chi connectivity index (χ0n) is 9.57. The third-order valence-electron chi connectivity index (χ3n) is 1.97. The van der Waals surface area contributed by atoms with Crippen LogP contribution in [0.3, 0.4) is 0 Å². The summed E-state index contributed by atoms with van der Waals surface area (Å²) in [5.41, 5.74) is -0.827. The Bertz CT molecular complexity index is 406. The quantitative estimate of drug-likeness (QED) is 0.504. The minimum absolute atomic E-state index is 0.191. The lowest BCUT2D eigenvalue weighted by Crippen LogP contribution is -2.37. The highest BCUT2D eigenvalue weighted by molar-refractivity contribution is 5.75. The van der Waals surface area contributed by atoms with Gasteiger partial charge in [0.2, 0.25) is 0 Å². The van der Waals surface area contributed by atoms with Gasteiger partial charge in [-0.1, -0.05) is 0 Å². The van der Waals surface area contributed by atoms with Crippen LogP contribution < -0.4 is 10.9 Å². The van der Waals surface area contributed by atoms with E-state index in [1.54, 1.807) is 6.92 Å². The first-order valence-corrected chi connectivity index (χ1v) is 5.05. The standard InChI is InChI=1S/C10H12F3N3O2/c1-2-18-9(17)6-16(14)7-3-4-8(15-5-7)10(11,12)13/h3-5H,2,6,14H2,1H3. The van der Waals surface area contributed by atoms with Crippen molar-refractivity contribution >= 4 is 11.7 Å². The molecular weight excluding hydrogens is 251 g/mol. The number of ether oxygens (including phenoxy) is 1. The number of esters is 1. The van der Waals surface area contributed by atoms with Crippen LogP contribution in [-0.2, 0) is 15.7 Å². The van der Waals surface area contributed by atoms with Crippen LogP contribution in [0.15, 0.2) is 18.3 Å². The number of alkyl halides is 3. The Morgan fingerprint density at radius 2 is 2.17 bits per heavy atom. The molecule has 18 heavy (non-hydrogen) atoms. The summed E-state index contributed by atoms with van der Waals surface area (Å²) < 4.78 is 41.4. The van der Waals surface area contributed by atoms with Crippen LogP contribution in [0.2, 0.25) is 0 Å². The van der Waals surface area contributed by atoms with Crippen LogP contribution in [-0.4, -0.2) is 24.1 Å². The van der Waals surface area contributed by atoms with Gasteiger partial charge in [-0.3, -0.25) is 9.80 Å². The molecular formula is C10H12F3N3O2. The zero-order chi connectivity index (χ0) is 13.8. The maximum Gasteiger partial charge on any atom is 0.433 e. The van der Waals surface area contributed by atoms with E-state index < -0.39 is 17.8 Å². The van der Waals surface area contributed by atoms with Gasteiger partial charge in [0.25, 0.3) is 0 Å². The summed E-state index contributed by atoms with van der Waals surface area (Å²) in [6.45, 7) is 1.58. The van der Waals surface area contributed by atoms with E-state index in [-0.39, 0.29) is 18.8 Å². The summed E-state index contributed by atoms with van der Waals surface area (Å²) in [7, 11) is 0. The maximum atomic E-state index is 12.2. The summed E-state index contributed by atoms with van der Waals surface area (Å²) in [5.74, 6) is 4.93. The van der Waals surface area contributed by atoms with Gasteiger partial charge in [0, 0.05) is 0 Å². The molecule has 0 saturated carbocycles. The normalized spacial score (nSPS) is 11.2. The number of carbonyl (C=O) groups excluding carboxylic acids is 1. The predicted octanol–water partition coefficient (Wildman–Crippen LogP) is 1.34. The Kier molecular flexibility index (Phi) is 4.49. The second kappa shape index (κ2) is 5.67. The largest absolute Gasteiger partial charge is 0.465 e. The number of pyridine rings is 1. The maximum absolute atomic E-state index is 12.2. The number of nitrogens with zero attached hydrogens (tertiary/aromatic N) is 2. The highest BCUT2D eigenvalue weighted by atomic mass is 19.4.